The summed E-state index contributed by atoms with van der Waals surface area (Å²) in [7, 11) is 1.48. The van der Waals surface area contributed by atoms with Crippen LogP contribution in [-0.2, 0) is 4.74 Å². The highest BCUT2D eigenvalue weighted by Crippen LogP contribution is 2.28. The molecule has 8 nitrogen and oxygen atoms in total. The van der Waals surface area contributed by atoms with Gasteiger partial charge < -0.3 is 24.1 Å². The lowest BCUT2D eigenvalue weighted by molar-refractivity contribution is 0.0474. The minimum absolute atomic E-state index is 0.125. The summed E-state index contributed by atoms with van der Waals surface area (Å²) < 4.78 is 15.7. The van der Waals surface area contributed by atoms with Gasteiger partial charge in [-0.05, 0) is 44.0 Å². The summed E-state index contributed by atoms with van der Waals surface area (Å²) in [6, 6.07) is 6.16. The van der Waals surface area contributed by atoms with Gasteiger partial charge >= 0.3 is 5.97 Å². The number of esters is 1. The lowest BCUT2D eigenvalue weighted by Crippen LogP contribution is -2.27. The van der Waals surface area contributed by atoms with Crippen molar-refractivity contribution in [2.24, 2.45) is 0 Å². The fraction of sp³-hybridized carbons (Fsp3) is 0.381. The number of nitrogens with one attached hydrogen (secondary N) is 1. The largest absolute Gasteiger partial charge is 0.493 e. The molecule has 1 aromatic heterocycles. The number of hydrogen-bond acceptors (Lipinski definition) is 6. The molecule has 0 aliphatic carbocycles. The monoisotopic (exact) mass is 400 g/mol. The van der Waals surface area contributed by atoms with E-state index in [9.17, 15) is 14.4 Å². The molecule has 1 aromatic carbocycles. The van der Waals surface area contributed by atoms with Crippen LogP contribution in [0.1, 0.15) is 51.0 Å². The van der Waals surface area contributed by atoms with E-state index in [0.717, 1.165) is 25.9 Å². The predicted molar refractivity (Wildman–Crippen MR) is 105 cm³/mol. The van der Waals surface area contributed by atoms with Crippen LogP contribution >= 0.6 is 0 Å². The molecular formula is C21H24N2O6. The molecule has 0 radical (unpaired) electrons. The van der Waals surface area contributed by atoms with Gasteiger partial charge in [0.05, 0.1) is 19.3 Å². The number of carbonyl (C=O) groups is 3. The van der Waals surface area contributed by atoms with Crippen molar-refractivity contribution in [1.82, 2.24) is 9.88 Å². The van der Waals surface area contributed by atoms with Gasteiger partial charge in [-0.2, -0.15) is 0 Å². The molecule has 154 valence electrons. The number of ether oxygens (including phenoxy) is 3. The van der Waals surface area contributed by atoms with E-state index in [-0.39, 0.29) is 11.5 Å². The number of aromatic nitrogens is 1. The van der Waals surface area contributed by atoms with E-state index >= 15 is 0 Å². The first-order valence-electron chi connectivity index (χ1n) is 9.52. The normalized spacial score (nSPS) is 13.2. The second kappa shape index (κ2) is 9.27. The van der Waals surface area contributed by atoms with Gasteiger partial charge in [0.15, 0.2) is 18.1 Å². The van der Waals surface area contributed by atoms with Gasteiger partial charge in [0.2, 0.25) is 5.78 Å². The number of Topliss-reactive ketones (excluding diaryl/α,β-unsaturated/α-hetero) is 1. The maximum atomic E-state index is 12.3. The molecule has 1 fully saturated rings. The second-order valence-electron chi connectivity index (χ2n) is 6.60. The minimum atomic E-state index is -0.649. The zero-order chi connectivity index (χ0) is 20.8. The number of hydrogen-bond donors (Lipinski definition) is 1. The number of rotatable bonds is 8. The summed E-state index contributed by atoms with van der Waals surface area (Å²) in [5, 5.41) is 0. The van der Waals surface area contributed by atoms with Crippen LogP contribution in [0.25, 0.3) is 0 Å². The lowest BCUT2D eigenvalue weighted by atomic mass is 10.2. The Kier molecular flexibility index (Phi) is 6.54. The molecule has 1 N–H and O–H groups in total. The van der Waals surface area contributed by atoms with Crippen molar-refractivity contribution < 1.29 is 28.6 Å². The standard InChI is InChI=1S/C21H24N2O6/c1-3-28-18-7-6-14(11-19(18)27-2)21(26)29-13-17(24)15-10-16(22-12-15)20(25)23-8-4-5-9-23/h6-7,10-12,22H,3-5,8-9,13H2,1-2H3. The number of aromatic amines is 1. The highest BCUT2D eigenvalue weighted by atomic mass is 16.5. The fourth-order valence-electron chi connectivity index (χ4n) is 3.14. The molecule has 3 rings (SSSR count). The van der Waals surface area contributed by atoms with Gasteiger partial charge in [-0.3, -0.25) is 9.59 Å². The summed E-state index contributed by atoms with van der Waals surface area (Å²) in [4.78, 5) is 41.5. The summed E-state index contributed by atoms with van der Waals surface area (Å²) in [6.07, 6.45) is 3.44. The lowest BCUT2D eigenvalue weighted by Gasteiger charge is -2.13. The molecule has 29 heavy (non-hydrogen) atoms. The number of carbonyl (C=O) groups excluding carboxylic acids is 3. The van der Waals surface area contributed by atoms with Crippen molar-refractivity contribution in [3.05, 3.63) is 47.3 Å². The second-order valence-corrected chi connectivity index (χ2v) is 6.60. The Morgan fingerprint density at radius 2 is 1.83 bits per heavy atom. The third kappa shape index (κ3) is 4.77. The first-order chi connectivity index (χ1) is 14.0. The van der Waals surface area contributed by atoms with Crippen LogP contribution in [0.3, 0.4) is 0 Å². The molecule has 8 heteroatoms. The van der Waals surface area contributed by atoms with Crippen LogP contribution in [0.4, 0.5) is 0 Å². The number of likely N-dealkylation sites (tertiary alicyclic amines) is 1. The Bertz CT molecular complexity index is 898. The number of benzene rings is 1. The molecule has 0 bridgehead atoms. The Hall–Kier alpha value is -3.29. The van der Waals surface area contributed by atoms with E-state index in [1.54, 1.807) is 17.0 Å². The molecule has 1 saturated heterocycles. The smallest absolute Gasteiger partial charge is 0.338 e. The summed E-state index contributed by atoms with van der Waals surface area (Å²) >= 11 is 0. The summed E-state index contributed by atoms with van der Waals surface area (Å²) in [6.45, 7) is 3.34. The number of methoxy groups -OCH3 is 1. The first kappa shape index (κ1) is 20.4. The Balaban J connectivity index is 1.59. The van der Waals surface area contributed by atoms with E-state index in [4.69, 9.17) is 14.2 Å². The number of nitrogens with zero attached hydrogens (tertiary/aromatic N) is 1. The molecule has 1 amide bonds. The van der Waals surface area contributed by atoms with Crippen LogP contribution in [0.2, 0.25) is 0 Å². The molecule has 2 heterocycles. The number of amides is 1. The van der Waals surface area contributed by atoms with Gasteiger partial charge in [-0.1, -0.05) is 0 Å². The van der Waals surface area contributed by atoms with E-state index in [1.807, 2.05) is 6.92 Å². The van der Waals surface area contributed by atoms with Crippen molar-refractivity contribution in [3.8, 4) is 11.5 Å². The Morgan fingerprint density at radius 1 is 1.07 bits per heavy atom. The zero-order valence-corrected chi connectivity index (χ0v) is 16.5. The molecule has 1 aliphatic heterocycles. The number of H-pyrrole nitrogens is 1. The van der Waals surface area contributed by atoms with Gasteiger partial charge in [-0.15, -0.1) is 0 Å². The SMILES string of the molecule is CCOc1ccc(C(=O)OCC(=O)c2c[nH]c(C(=O)N3CCCC3)c2)cc1OC. The molecular weight excluding hydrogens is 376 g/mol. The molecule has 2 aromatic rings. The quantitative estimate of drug-likeness (QED) is 0.540. The third-order valence-corrected chi connectivity index (χ3v) is 4.66. The van der Waals surface area contributed by atoms with Crippen molar-refractivity contribution >= 4 is 17.7 Å². The molecule has 0 saturated carbocycles. The van der Waals surface area contributed by atoms with Gasteiger partial charge in [-0.25, -0.2) is 4.79 Å². The average Bonchev–Trinajstić information content (AvgIpc) is 3.44. The van der Waals surface area contributed by atoms with Crippen LogP contribution < -0.4 is 9.47 Å². The van der Waals surface area contributed by atoms with E-state index in [0.29, 0.717) is 29.4 Å². The van der Waals surface area contributed by atoms with E-state index in [2.05, 4.69) is 4.98 Å². The Labute approximate surface area is 168 Å². The molecule has 0 spiro atoms. The van der Waals surface area contributed by atoms with Crippen LogP contribution in [0.15, 0.2) is 30.5 Å². The fourth-order valence-corrected chi connectivity index (χ4v) is 3.14. The maximum absolute atomic E-state index is 12.3. The number of ketones is 1. The predicted octanol–water partition coefficient (Wildman–Crippen LogP) is 2.70. The highest BCUT2D eigenvalue weighted by molar-refractivity contribution is 6.02. The third-order valence-electron chi connectivity index (χ3n) is 4.66. The van der Waals surface area contributed by atoms with E-state index < -0.39 is 18.4 Å². The first-order valence-corrected chi connectivity index (χ1v) is 9.52. The van der Waals surface area contributed by atoms with Crippen LogP contribution in [-0.4, -0.2) is 61.0 Å². The van der Waals surface area contributed by atoms with Gasteiger partial charge in [0.25, 0.3) is 5.91 Å². The zero-order valence-electron chi connectivity index (χ0n) is 16.5. The van der Waals surface area contributed by atoms with Crippen LogP contribution in [0.5, 0.6) is 11.5 Å². The summed E-state index contributed by atoms with van der Waals surface area (Å²) in [5.41, 5.74) is 0.902. The van der Waals surface area contributed by atoms with E-state index in [1.165, 1.54) is 25.4 Å². The van der Waals surface area contributed by atoms with Crippen molar-refractivity contribution in [2.45, 2.75) is 19.8 Å². The molecule has 0 atom stereocenters. The van der Waals surface area contributed by atoms with Gasteiger partial charge in [0.1, 0.15) is 5.69 Å². The topological polar surface area (TPSA) is 97.9 Å². The van der Waals surface area contributed by atoms with Gasteiger partial charge in [0, 0.05) is 24.8 Å². The maximum Gasteiger partial charge on any atom is 0.338 e. The van der Waals surface area contributed by atoms with Crippen molar-refractivity contribution in [1.29, 1.82) is 0 Å². The molecule has 0 unspecified atom stereocenters. The highest BCUT2D eigenvalue weighted by Gasteiger charge is 2.22. The van der Waals surface area contributed by atoms with Crippen molar-refractivity contribution in [2.75, 3.05) is 33.4 Å². The molecule has 1 aliphatic rings. The summed E-state index contributed by atoms with van der Waals surface area (Å²) in [5.74, 6) is -0.245. The van der Waals surface area contributed by atoms with Crippen LogP contribution in [0, 0.1) is 0 Å². The van der Waals surface area contributed by atoms with Crippen molar-refractivity contribution in [3.63, 3.8) is 0 Å². The average molecular weight is 400 g/mol. The minimum Gasteiger partial charge on any atom is -0.493 e. The Morgan fingerprint density at radius 3 is 2.52 bits per heavy atom.